The maximum Gasteiger partial charge on any atom is 0.350 e. The van der Waals surface area contributed by atoms with Crippen LogP contribution in [0.4, 0.5) is 10.8 Å². The first-order chi connectivity index (χ1) is 16.8. The van der Waals surface area contributed by atoms with E-state index in [0.29, 0.717) is 51.8 Å². The van der Waals surface area contributed by atoms with Crippen LogP contribution in [0.1, 0.15) is 39.2 Å². The topological polar surface area (TPSA) is 148 Å². The summed E-state index contributed by atoms with van der Waals surface area (Å²) in [7, 11) is 1.59. The summed E-state index contributed by atoms with van der Waals surface area (Å²) in [6, 6.07) is 1.44. The van der Waals surface area contributed by atoms with Crippen molar-refractivity contribution in [3.63, 3.8) is 0 Å². The smallest absolute Gasteiger partial charge is 0.350 e. The number of halogens is 1. The highest BCUT2D eigenvalue weighted by Gasteiger charge is 2.34. The number of nitrogen functional groups attached to an aromatic ring is 1. The maximum absolute atomic E-state index is 12.8. The average Bonchev–Trinajstić information content (AvgIpc) is 3.42. The molecule has 1 aliphatic rings. The van der Waals surface area contributed by atoms with Crippen LogP contribution >= 0.6 is 22.9 Å². The Balaban J connectivity index is 1.53. The van der Waals surface area contributed by atoms with Crippen LogP contribution < -0.4 is 16.0 Å². The molecule has 4 rings (SSSR count). The van der Waals surface area contributed by atoms with Crippen LogP contribution in [0.2, 0.25) is 5.02 Å². The summed E-state index contributed by atoms with van der Waals surface area (Å²) in [5.74, 6) is -0.469. The fourth-order valence-electron chi connectivity index (χ4n) is 3.89. The predicted octanol–water partition coefficient (Wildman–Crippen LogP) is 2.67. The number of methoxy groups -OCH3 is 1. The Morgan fingerprint density at radius 3 is 2.74 bits per heavy atom. The van der Waals surface area contributed by atoms with Crippen LogP contribution in [0.15, 0.2) is 18.5 Å². The maximum atomic E-state index is 12.8. The number of aryl methyl sites for hydroxylation is 1. The van der Waals surface area contributed by atoms with Crippen LogP contribution in [0.5, 0.6) is 0 Å². The Morgan fingerprint density at radius 2 is 2.11 bits per heavy atom. The zero-order valence-corrected chi connectivity index (χ0v) is 21.1. The summed E-state index contributed by atoms with van der Waals surface area (Å²) < 4.78 is 10.9. The first-order valence-corrected chi connectivity index (χ1v) is 12.2. The molecule has 1 amide bonds. The highest BCUT2D eigenvalue weighted by Crippen LogP contribution is 2.34. The first kappa shape index (κ1) is 24.9. The molecule has 186 valence electrons. The number of carbonyl (C=O) groups is 2. The molecule has 0 aromatic carbocycles. The van der Waals surface area contributed by atoms with E-state index in [2.05, 4.69) is 25.3 Å². The van der Waals surface area contributed by atoms with Crippen molar-refractivity contribution in [2.24, 2.45) is 0 Å². The second-order valence-electron chi connectivity index (χ2n) is 7.91. The molecule has 4 N–H and O–H groups in total. The number of hydrogen-bond acceptors (Lipinski definition) is 10. The molecule has 0 unspecified atom stereocenters. The van der Waals surface area contributed by atoms with Gasteiger partial charge in [-0.15, -0.1) is 0 Å². The highest BCUT2D eigenvalue weighted by molar-refractivity contribution is 7.17. The summed E-state index contributed by atoms with van der Waals surface area (Å²) in [6.45, 7) is 4.77. The number of thiazole rings is 1. The number of aromatic amines is 1. The monoisotopic (exact) mass is 519 g/mol. The molecule has 1 saturated heterocycles. The fraction of sp³-hybridized carbons (Fsp3) is 0.409. The molecule has 3 aromatic heterocycles. The van der Waals surface area contributed by atoms with Crippen molar-refractivity contribution in [2.75, 3.05) is 37.4 Å². The van der Waals surface area contributed by atoms with Gasteiger partial charge in [-0.05, 0) is 26.3 Å². The van der Waals surface area contributed by atoms with E-state index in [1.54, 1.807) is 39.4 Å². The van der Waals surface area contributed by atoms with Crippen molar-refractivity contribution in [2.45, 2.75) is 32.4 Å². The standard InChI is InChI=1S/C22H26ClN7O4S/c1-4-34-21(32)18-17(19-25-7-5-8-26-19)29-22(35-18)30-9-6-12(13(10-30)33-3)28-20(31)16-15(24)14(23)11(2)27-16/h5,7-8,12-13,27H,4,6,9-10,24H2,1-3H3,(H,28,31)/t12-,13+/m1/s1. The minimum absolute atomic E-state index is 0.220. The molecule has 1 fully saturated rings. The average molecular weight is 520 g/mol. The molecule has 11 nitrogen and oxygen atoms in total. The second-order valence-corrected chi connectivity index (χ2v) is 9.26. The van der Waals surface area contributed by atoms with Gasteiger partial charge >= 0.3 is 5.97 Å². The third kappa shape index (κ3) is 5.09. The Bertz CT molecular complexity index is 1220. The van der Waals surface area contributed by atoms with Crippen molar-refractivity contribution < 1.29 is 19.1 Å². The van der Waals surface area contributed by atoms with Gasteiger partial charge < -0.3 is 30.4 Å². The summed E-state index contributed by atoms with van der Waals surface area (Å²) in [4.78, 5) is 43.9. The number of piperidine rings is 1. The molecular formula is C22H26ClN7O4S. The van der Waals surface area contributed by atoms with E-state index in [1.807, 2.05) is 4.90 Å². The number of aromatic nitrogens is 4. The van der Waals surface area contributed by atoms with Crippen molar-refractivity contribution in [1.82, 2.24) is 25.3 Å². The van der Waals surface area contributed by atoms with E-state index in [4.69, 9.17) is 26.8 Å². The number of rotatable bonds is 7. The van der Waals surface area contributed by atoms with E-state index in [-0.39, 0.29) is 36.0 Å². The molecular weight excluding hydrogens is 494 g/mol. The summed E-state index contributed by atoms with van der Waals surface area (Å²) >= 11 is 7.33. The van der Waals surface area contributed by atoms with Crippen molar-refractivity contribution in [3.8, 4) is 11.5 Å². The molecule has 35 heavy (non-hydrogen) atoms. The van der Waals surface area contributed by atoms with E-state index in [0.717, 1.165) is 0 Å². The van der Waals surface area contributed by atoms with Gasteiger partial charge in [0.25, 0.3) is 5.91 Å². The molecule has 4 heterocycles. The van der Waals surface area contributed by atoms with Gasteiger partial charge in [-0.1, -0.05) is 22.9 Å². The summed E-state index contributed by atoms with van der Waals surface area (Å²) in [5, 5.41) is 3.96. The van der Waals surface area contributed by atoms with E-state index in [9.17, 15) is 9.59 Å². The van der Waals surface area contributed by atoms with Gasteiger partial charge in [0.05, 0.1) is 29.5 Å². The third-order valence-corrected chi connectivity index (χ3v) is 7.26. The number of nitrogens with two attached hydrogens (primary N) is 1. The summed E-state index contributed by atoms with van der Waals surface area (Å²) in [5.41, 5.74) is 7.43. The number of esters is 1. The lowest BCUT2D eigenvalue weighted by Gasteiger charge is -2.37. The highest BCUT2D eigenvalue weighted by atomic mass is 35.5. The largest absolute Gasteiger partial charge is 0.462 e. The number of hydrogen-bond donors (Lipinski definition) is 3. The number of ether oxygens (including phenoxy) is 2. The van der Waals surface area contributed by atoms with Crippen LogP contribution in [0.25, 0.3) is 11.5 Å². The molecule has 0 aliphatic carbocycles. The van der Waals surface area contributed by atoms with Crippen molar-refractivity contribution in [3.05, 3.63) is 39.7 Å². The third-order valence-electron chi connectivity index (χ3n) is 5.68. The molecule has 0 bridgehead atoms. The fourth-order valence-corrected chi connectivity index (χ4v) is 5.02. The molecule has 3 aromatic rings. The Morgan fingerprint density at radius 1 is 1.37 bits per heavy atom. The molecule has 13 heteroatoms. The number of nitrogens with one attached hydrogen (secondary N) is 2. The lowest BCUT2D eigenvalue weighted by molar-refractivity contribution is 0.0531. The zero-order chi connectivity index (χ0) is 25.1. The molecule has 0 spiro atoms. The normalized spacial score (nSPS) is 17.9. The molecule has 0 radical (unpaired) electrons. The number of carbonyl (C=O) groups excluding carboxylic acids is 2. The van der Waals surface area contributed by atoms with Crippen LogP contribution in [-0.4, -0.2) is 70.8 Å². The SMILES string of the molecule is CCOC(=O)c1sc(N2CC[C@@H](NC(=O)c3[nH]c(C)c(Cl)c3N)[C@@H](OC)C2)nc1-c1ncccn1. The Labute approximate surface area is 211 Å². The van der Waals surface area contributed by atoms with E-state index < -0.39 is 5.97 Å². The van der Waals surface area contributed by atoms with Gasteiger partial charge in [0.1, 0.15) is 16.3 Å². The quantitative estimate of drug-likeness (QED) is 0.400. The Kier molecular flexibility index (Phi) is 7.53. The number of H-pyrrole nitrogens is 1. The minimum atomic E-state index is -0.471. The lowest BCUT2D eigenvalue weighted by atomic mass is 10.0. The van der Waals surface area contributed by atoms with Gasteiger partial charge in [0, 0.05) is 38.3 Å². The van der Waals surface area contributed by atoms with E-state index in [1.165, 1.54) is 11.3 Å². The summed E-state index contributed by atoms with van der Waals surface area (Å²) in [6.07, 6.45) is 3.45. The lowest BCUT2D eigenvalue weighted by Crippen LogP contribution is -2.55. The van der Waals surface area contributed by atoms with Gasteiger partial charge in [0.2, 0.25) is 0 Å². The van der Waals surface area contributed by atoms with Crippen molar-refractivity contribution in [1.29, 1.82) is 0 Å². The number of anilines is 2. The molecule has 0 saturated carbocycles. The van der Waals surface area contributed by atoms with Gasteiger partial charge in [-0.3, -0.25) is 4.79 Å². The van der Waals surface area contributed by atoms with Gasteiger partial charge in [-0.25, -0.2) is 19.7 Å². The van der Waals surface area contributed by atoms with Crippen LogP contribution in [0.3, 0.4) is 0 Å². The molecule has 2 atom stereocenters. The van der Waals surface area contributed by atoms with E-state index >= 15 is 0 Å². The zero-order valence-electron chi connectivity index (χ0n) is 19.5. The van der Waals surface area contributed by atoms with Gasteiger partial charge in [0.15, 0.2) is 11.0 Å². The number of nitrogens with zero attached hydrogens (tertiary/aromatic N) is 4. The molecule has 1 aliphatic heterocycles. The Hall–Kier alpha value is -3.22. The number of amides is 1. The van der Waals surface area contributed by atoms with Gasteiger partial charge in [-0.2, -0.15) is 0 Å². The van der Waals surface area contributed by atoms with Crippen LogP contribution in [0, 0.1) is 6.92 Å². The van der Waals surface area contributed by atoms with Crippen LogP contribution in [-0.2, 0) is 9.47 Å². The second kappa shape index (κ2) is 10.6. The predicted molar refractivity (Wildman–Crippen MR) is 133 cm³/mol. The minimum Gasteiger partial charge on any atom is -0.462 e. The van der Waals surface area contributed by atoms with Crippen molar-refractivity contribution >= 4 is 45.6 Å². The first-order valence-electron chi connectivity index (χ1n) is 11.0.